The molecule has 0 aliphatic carbocycles. The summed E-state index contributed by atoms with van der Waals surface area (Å²) in [5.41, 5.74) is 2.07. The standard InChI is InChI=1S/C30H34BrN5O4/c1-21(6-2-4-15-34-20-24(14-17-37)32-33-34)30(40)26-18-23(31)10-13-27(26)36(29(30)39)19-22-8-11-25(12-9-22)35-16-5-3-7-28(35)38/h2,6,8-13,18,20-21,37,40H,3-5,7,14-17,19H2,1H3/b6-2+/t21-,30+/m1/s1. The van der Waals surface area contributed by atoms with Crippen LogP contribution in [0.15, 0.2) is 65.3 Å². The van der Waals surface area contributed by atoms with Crippen LogP contribution in [0.25, 0.3) is 0 Å². The van der Waals surface area contributed by atoms with Crippen LogP contribution in [-0.4, -0.2) is 50.2 Å². The third kappa shape index (κ3) is 5.61. The van der Waals surface area contributed by atoms with Crippen molar-refractivity contribution in [3.8, 4) is 0 Å². The van der Waals surface area contributed by atoms with E-state index in [0.29, 0.717) is 43.6 Å². The van der Waals surface area contributed by atoms with Crippen molar-refractivity contribution in [2.45, 2.75) is 57.7 Å². The van der Waals surface area contributed by atoms with E-state index in [0.717, 1.165) is 40.8 Å². The number of carbonyl (C=O) groups is 2. The number of halogens is 1. The molecule has 1 aromatic heterocycles. The van der Waals surface area contributed by atoms with Crippen molar-refractivity contribution in [3.63, 3.8) is 0 Å². The Hall–Kier alpha value is -3.34. The van der Waals surface area contributed by atoms with Crippen molar-refractivity contribution >= 4 is 39.1 Å². The Kier molecular flexibility index (Phi) is 8.48. The number of aromatic nitrogens is 3. The van der Waals surface area contributed by atoms with Crippen LogP contribution < -0.4 is 9.80 Å². The first kappa shape index (κ1) is 28.2. The summed E-state index contributed by atoms with van der Waals surface area (Å²) < 4.78 is 2.51. The van der Waals surface area contributed by atoms with Crippen molar-refractivity contribution in [2.75, 3.05) is 23.0 Å². The molecule has 2 aliphatic heterocycles. The minimum absolute atomic E-state index is 0.0300. The molecule has 2 amide bonds. The average molecular weight is 609 g/mol. The number of benzene rings is 2. The van der Waals surface area contributed by atoms with Crippen LogP contribution >= 0.6 is 15.9 Å². The number of anilines is 2. The Morgan fingerprint density at radius 2 is 1.95 bits per heavy atom. The third-order valence-electron chi connectivity index (χ3n) is 7.71. The van der Waals surface area contributed by atoms with Gasteiger partial charge in [0.15, 0.2) is 5.60 Å². The van der Waals surface area contributed by atoms with Gasteiger partial charge in [-0.25, -0.2) is 0 Å². The summed E-state index contributed by atoms with van der Waals surface area (Å²) in [6.07, 6.45) is 9.27. The van der Waals surface area contributed by atoms with Gasteiger partial charge in [-0.15, -0.1) is 5.10 Å². The normalized spacial score (nSPS) is 20.0. The predicted octanol–water partition coefficient (Wildman–Crippen LogP) is 4.11. The largest absolute Gasteiger partial charge is 0.396 e. The molecule has 9 nitrogen and oxygen atoms in total. The van der Waals surface area contributed by atoms with Crippen LogP contribution in [0.3, 0.4) is 0 Å². The van der Waals surface area contributed by atoms with Gasteiger partial charge in [0.1, 0.15) is 0 Å². The molecule has 3 aromatic rings. The molecule has 2 N–H and O–H groups in total. The number of nitrogens with zero attached hydrogens (tertiary/aromatic N) is 5. The van der Waals surface area contributed by atoms with E-state index < -0.39 is 11.5 Å². The maximum atomic E-state index is 13.8. The van der Waals surface area contributed by atoms with E-state index in [1.165, 1.54) is 0 Å². The number of amides is 2. The molecule has 0 spiro atoms. The molecular formula is C30H34BrN5O4. The van der Waals surface area contributed by atoms with Crippen LogP contribution in [0.4, 0.5) is 11.4 Å². The van der Waals surface area contributed by atoms with E-state index in [1.807, 2.05) is 72.6 Å². The smallest absolute Gasteiger partial charge is 0.264 e. The van der Waals surface area contributed by atoms with E-state index in [1.54, 1.807) is 9.58 Å². The van der Waals surface area contributed by atoms with Gasteiger partial charge in [-0.05, 0) is 55.2 Å². The number of aliphatic hydroxyl groups is 2. The van der Waals surface area contributed by atoms with Crippen molar-refractivity contribution in [1.29, 1.82) is 0 Å². The predicted molar refractivity (Wildman–Crippen MR) is 156 cm³/mol. The summed E-state index contributed by atoms with van der Waals surface area (Å²) in [6, 6.07) is 13.3. The van der Waals surface area contributed by atoms with E-state index in [4.69, 9.17) is 5.11 Å². The molecule has 1 fully saturated rings. The maximum absolute atomic E-state index is 13.8. The summed E-state index contributed by atoms with van der Waals surface area (Å²) in [4.78, 5) is 29.6. The molecule has 3 heterocycles. The van der Waals surface area contributed by atoms with Gasteiger partial charge in [-0.1, -0.05) is 52.4 Å². The molecule has 2 aliphatic rings. The highest BCUT2D eigenvalue weighted by Crippen LogP contribution is 2.46. The van der Waals surface area contributed by atoms with Crippen LogP contribution in [0, 0.1) is 5.92 Å². The molecule has 40 heavy (non-hydrogen) atoms. The molecule has 5 rings (SSSR count). The fourth-order valence-electron chi connectivity index (χ4n) is 5.44. The first-order chi connectivity index (χ1) is 19.3. The second-order valence-corrected chi connectivity index (χ2v) is 11.4. The van der Waals surface area contributed by atoms with Gasteiger partial charge < -0.3 is 20.0 Å². The highest BCUT2D eigenvalue weighted by Gasteiger charge is 2.52. The van der Waals surface area contributed by atoms with E-state index in [-0.39, 0.29) is 18.4 Å². The zero-order valence-corrected chi connectivity index (χ0v) is 24.1. The average Bonchev–Trinajstić information content (AvgIpc) is 3.49. The highest BCUT2D eigenvalue weighted by molar-refractivity contribution is 9.10. The first-order valence-electron chi connectivity index (χ1n) is 13.7. The molecule has 0 bridgehead atoms. The topological polar surface area (TPSA) is 112 Å². The monoisotopic (exact) mass is 607 g/mol. The summed E-state index contributed by atoms with van der Waals surface area (Å²) in [5.74, 6) is -0.697. The summed E-state index contributed by atoms with van der Waals surface area (Å²) in [6.45, 7) is 3.52. The number of aliphatic hydroxyl groups excluding tert-OH is 1. The number of aryl methyl sites for hydroxylation is 1. The van der Waals surface area contributed by atoms with Gasteiger partial charge in [0.25, 0.3) is 5.91 Å². The van der Waals surface area contributed by atoms with Gasteiger partial charge in [-0.3, -0.25) is 14.3 Å². The van der Waals surface area contributed by atoms with Crippen LogP contribution in [0.2, 0.25) is 0 Å². The Morgan fingerprint density at radius 3 is 2.70 bits per heavy atom. The molecule has 1 saturated heterocycles. The second-order valence-electron chi connectivity index (χ2n) is 10.4. The fourth-order valence-corrected chi connectivity index (χ4v) is 5.80. The fraction of sp³-hybridized carbons (Fsp3) is 0.400. The lowest BCUT2D eigenvalue weighted by Gasteiger charge is -2.28. The molecule has 0 radical (unpaired) electrons. The van der Waals surface area contributed by atoms with Gasteiger partial charge in [0, 0.05) is 60.4 Å². The van der Waals surface area contributed by atoms with Gasteiger partial charge in [0.2, 0.25) is 5.91 Å². The van der Waals surface area contributed by atoms with Gasteiger partial charge in [-0.2, -0.15) is 0 Å². The number of allylic oxidation sites excluding steroid dienone is 1. The van der Waals surface area contributed by atoms with Gasteiger partial charge >= 0.3 is 0 Å². The van der Waals surface area contributed by atoms with Gasteiger partial charge in [0.05, 0.1) is 17.9 Å². The van der Waals surface area contributed by atoms with E-state index in [9.17, 15) is 14.7 Å². The number of fused-ring (bicyclic) bond motifs is 1. The zero-order chi connectivity index (χ0) is 28.3. The number of hydrogen-bond acceptors (Lipinski definition) is 6. The highest BCUT2D eigenvalue weighted by atomic mass is 79.9. The summed E-state index contributed by atoms with van der Waals surface area (Å²) in [5, 5.41) is 29.1. The Balaban J connectivity index is 1.31. The number of hydrogen-bond donors (Lipinski definition) is 2. The number of piperidine rings is 1. The van der Waals surface area contributed by atoms with Crippen molar-refractivity contribution in [1.82, 2.24) is 15.0 Å². The lowest BCUT2D eigenvalue weighted by Crippen LogP contribution is -2.44. The van der Waals surface area contributed by atoms with E-state index >= 15 is 0 Å². The van der Waals surface area contributed by atoms with Crippen molar-refractivity contribution in [2.24, 2.45) is 5.92 Å². The summed E-state index contributed by atoms with van der Waals surface area (Å²) in [7, 11) is 0. The maximum Gasteiger partial charge on any atom is 0.264 e. The van der Waals surface area contributed by atoms with Crippen LogP contribution in [0.1, 0.15) is 49.4 Å². The van der Waals surface area contributed by atoms with Crippen molar-refractivity contribution in [3.05, 3.63) is 82.1 Å². The first-order valence-corrected chi connectivity index (χ1v) is 14.5. The minimum Gasteiger partial charge on any atom is -0.396 e. The molecule has 2 aromatic carbocycles. The molecule has 0 saturated carbocycles. The number of carbonyl (C=O) groups excluding carboxylic acids is 2. The molecule has 2 atom stereocenters. The Labute approximate surface area is 242 Å². The van der Waals surface area contributed by atoms with Crippen LogP contribution in [-0.2, 0) is 34.7 Å². The molecular weight excluding hydrogens is 574 g/mol. The van der Waals surface area contributed by atoms with Crippen LogP contribution in [0.5, 0.6) is 0 Å². The Morgan fingerprint density at radius 1 is 1.15 bits per heavy atom. The second kappa shape index (κ2) is 12.0. The SMILES string of the molecule is C[C@H](/C=C/CCn1cc(CCO)nn1)[C@@]1(O)C(=O)N(Cc2ccc(N3CCCCC3=O)cc2)c2ccc(Br)cc21. The molecule has 210 valence electrons. The molecule has 10 heteroatoms. The molecule has 0 unspecified atom stereocenters. The summed E-state index contributed by atoms with van der Waals surface area (Å²) >= 11 is 3.50. The number of rotatable bonds is 10. The third-order valence-corrected chi connectivity index (χ3v) is 8.20. The minimum atomic E-state index is -1.71. The lowest BCUT2D eigenvalue weighted by atomic mass is 9.83. The van der Waals surface area contributed by atoms with Crippen molar-refractivity contribution < 1.29 is 19.8 Å². The quantitative estimate of drug-likeness (QED) is 0.335. The zero-order valence-electron chi connectivity index (χ0n) is 22.5. The Bertz CT molecular complexity index is 1410. The lowest BCUT2D eigenvalue weighted by molar-refractivity contribution is -0.139. The van der Waals surface area contributed by atoms with E-state index in [2.05, 4.69) is 26.2 Å².